The number of rotatable bonds is 6. The summed E-state index contributed by atoms with van der Waals surface area (Å²) in [6, 6.07) is 4.91. The minimum absolute atomic E-state index is 0.417. The van der Waals surface area contributed by atoms with Crippen molar-refractivity contribution in [1.29, 1.82) is 0 Å². The molecule has 0 fully saturated rings. The van der Waals surface area contributed by atoms with Crippen LogP contribution in [0.5, 0.6) is 0 Å². The average molecular weight is 356 g/mol. The van der Waals surface area contributed by atoms with Crippen LogP contribution in [0, 0.1) is 0 Å². The normalized spacial score (nSPS) is 13.3. The van der Waals surface area contributed by atoms with Crippen LogP contribution in [0.4, 0.5) is 5.69 Å². The smallest absolute Gasteiger partial charge is 0.236 e. The minimum Gasteiger partial charge on any atom is -0.316 e. The molecule has 1 rings (SSSR count). The van der Waals surface area contributed by atoms with E-state index in [0.29, 0.717) is 21.7 Å². The maximum Gasteiger partial charge on any atom is 0.236 e. The van der Waals surface area contributed by atoms with Crippen LogP contribution in [0.1, 0.15) is 13.8 Å². The van der Waals surface area contributed by atoms with Gasteiger partial charge in [-0.1, -0.05) is 18.5 Å². The highest BCUT2D eigenvalue weighted by Crippen LogP contribution is 2.26. The van der Waals surface area contributed by atoms with Gasteiger partial charge in [0.15, 0.2) is 0 Å². The molecule has 0 aliphatic carbocycles. The molecule has 0 aliphatic heterocycles. The SMILES string of the molecule is CCNCC(C)S(=O)(=O)Nc1ccc(Cl)c(Br)c1. The summed E-state index contributed by atoms with van der Waals surface area (Å²) in [5.74, 6) is 0. The molecule has 0 spiro atoms. The largest absolute Gasteiger partial charge is 0.316 e. The number of hydrogen-bond acceptors (Lipinski definition) is 3. The molecule has 0 saturated heterocycles. The van der Waals surface area contributed by atoms with Gasteiger partial charge < -0.3 is 5.32 Å². The number of nitrogens with one attached hydrogen (secondary N) is 2. The highest BCUT2D eigenvalue weighted by Gasteiger charge is 2.20. The van der Waals surface area contributed by atoms with E-state index in [-0.39, 0.29) is 0 Å². The van der Waals surface area contributed by atoms with Gasteiger partial charge in [0.25, 0.3) is 0 Å². The number of anilines is 1. The number of benzene rings is 1. The fraction of sp³-hybridized carbons (Fsp3) is 0.455. The lowest BCUT2D eigenvalue weighted by atomic mass is 10.3. The fourth-order valence-corrected chi connectivity index (χ4v) is 2.77. The summed E-state index contributed by atoms with van der Waals surface area (Å²) in [5.41, 5.74) is 0.495. The molecule has 0 saturated carbocycles. The average Bonchev–Trinajstić information content (AvgIpc) is 2.30. The van der Waals surface area contributed by atoms with E-state index >= 15 is 0 Å². The van der Waals surface area contributed by atoms with Gasteiger partial charge in [0.05, 0.1) is 10.3 Å². The Labute approximate surface area is 121 Å². The molecular formula is C11H16BrClN2O2S. The van der Waals surface area contributed by atoms with Gasteiger partial charge in [-0.3, -0.25) is 4.72 Å². The molecule has 0 aliphatic rings. The molecule has 4 nitrogen and oxygen atoms in total. The molecule has 0 heterocycles. The zero-order valence-corrected chi connectivity index (χ0v) is 13.4. The molecule has 0 amide bonds. The summed E-state index contributed by atoms with van der Waals surface area (Å²) in [4.78, 5) is 0. The standard InChI is InChI=1S/C11H16BrClN2O2S/c1-3-14-7-8(2)18(16,17)15-9-4-5-11(13)10(12)6-9/h4-6,8,14-15H,3,7H2,1-2H3. The maximum absolute atomic E-state index is 12.0. The highest BCUT2D eigenvalue weighted by atomic mass is 79.9. The second-order valence-electron chi connectivity index (χ2n) is 3.89. The van der Waals surface area contributed by atoms with Crippen molar-refractivity contribution in [2.45, 2.75) is 19.1 Å². The Morgan fingerprint density at radius 2 is 2.11 bits per heavy atom. The van der Waals surface area contributed by atoms with Crippen molar-refractivity contribution < 1.29 is 8.42 Å². The van der Waals surface area contributed by atoms with Gasteiger partial charge in [-0.25, -0.2) is 8.42 Å². The Morgan fingerprint density at radius 1 is 1.44 bits per heavy atom. The number of halogens is 2. The van der Waals surface area contributed by atoms with Gasteiger partial charge in [-0.15, -0.1) is 0 Å². The zero-order valence-electron chi connectivity index (χ0n) is 10.2. The molecule has 1 aromatic rings. The molecule has 0 radical (unpaired) electrons. The Hall–Kier alpha value is -0.300. The monoisotopic (exact) mass is 354 g/mol. The lowest BCUT2D eigenvalue weighted by Crippen LogP contribution is -2.34. The number of sulfonamides is 1. The predicted molar refractivity (Wildman–Crippen MR) is 79.7 cm³/mol. The van der Waals surface area contributed by atoms with Gasteiger partial charge in [0, 0.05) is 16.7 Å². The quantitative estimate of drug-likeness (QED) is 0.825. The predicted octanol–water partition coefficient (Wildman–Crippen LogP) is 2.84. The van der Waals surface area contributed by atoms with Gasteiger partial charge in [0.2, 0.25) is 10.0 Å². The van der Waals surface area contributed by atoms with Gasteiger partial charge in [-0.2, -0.15) is 0 Å². The van der Waals surface area contributed by atoms with E-state index in [1.165, 1.54) is 0 Å². The first-order valence-electron chi connectivity index (χ1n) is 5.54. The molecule has 2 N–H and O–H groups in total. The maximum atomic E-state index is 12.0. The van der Waals surface area contributed by atoms with Crippen LogP contribution >= 0.6 is 27.5 Å². The molecule has 102 valence electrons. The molecule has 7 heteroatoms. The molecular weight excluding hydrogens is 340 g/mol. The highest BCUT2D eigenvalue weighted by molar-refractivity contribution is 9.10. The van der Waals surface area contributed by atoms with E-state index in [0.717, 1.165) is 6.54 Å². The Balaban J connectivity index is 2.78. The summed E-state index contributed by atoms with van der Waals surface area (Å²) >= 11 is 9.10. The molecule has 1 atom stereocenters. The molecule has 1 aromatic carbocycles. The van der Waals surface area contributed by atoms with Crippen molar-refractivity contribution >= 4 is 43.2 Å². The van der Waals surface area contributed by atoms with Gasteiger partial charge in [-0.05, 0) is 47.6 Å². The van der Waals surface area contributed by atoms with Crippen LogP contribution in [0.25, 0.3) is 0 Å². The van der Waals surface area contributed by atoms with Crippen LogP contribution in [-0.2, 0) is 10.0 Å². The molecule has 0 aromatic heterocycles. The Bertz CT molecular complexity index is 508. The van der Waals surface area contributed by atoms with Crippen molar-refractivity contribution in [1.82, 2.24) is 5.32 Å². The first kappa shape index (κ1) is 15.8. The van der Waals surface area contributed by atoms with Gasteiger partial charge >= 0.3 is 0 Å². The minimum atomic E-state index is -3.39. The molecule has 18 heavy (non-hydrogen) atoms. The van der Waals surface area contributed by atoms with Crippen LogP contribution in [0.15, 0.2) is 22.7 Å². The van der Waals surface area contributed by atoms with E-state index in [4.69, 9.17) is 11.6 Å². The lowest BCUT2D eigenvalue weighted by molar-refractivity contribution is 0.579. The molecule has 0 bridgehead atoms. The van der Waals surface area contributed by atoms with E-state index in [1.807, 2.05) is 6.92 Å². The Kier molecular flexibility index (Phi) is 5.91. The summed E-state index contributed by atoms with van der Waals surface area (Å²) in [6.07, 6.45) is 0. The summed E-state index contributed by atoms with van der Waals surface area (Å²) in [5, 5.41) is 3.04. The van der Waals surface area contributed by atoms with Crippen LogP contribution < -0.4 is 10.0 Å². The van der Waals surface area contributed by atoms with Crippen molar-refractivity contribution in [3.63, 3.8) is 0 Å². The van der Waals surface area contributed by atoms with Crippen molar-refractivity contribution in [3.8, 4) is 0 Å². The van der Waals surface area contributed by atoms with Crippen molar-refractivity contribution in [2.75, 3.05) is 17.8 Å². The van der Waals surface area contributed by atoms with E-state index in [2.05, 4.69) is 26.0 Å². The van der Waals surface area contributed by atoms with Crippen LogP contribution in [0.2, 0.25) is 5.02 Å². The zero-order chi connectivity index (χ0) is 13.8. The van der Waals surface area contributed by atoms with E-state index in [1.54, 1.807) is 25.1 Å². The first-order chi connectivity index (χ1) is 8.36. The van der Waals surface area contributed by atoms with Crippen LogP contribution in [-0.4, -0.2) is 26.8 Å². The van der Waals surface area contributed by atoms with E-state index in [9.17, 15) is 8.42 Å². The summed E-state index contributed by atoms with van der Waals surface area (Å²) in [6.45, 7) is 4.76. The second kappa shape index (κ2) is 6.75. The summed E-state index contributed by atoms with van der Waals surface area (Å²) in [7, 11) is -3.39. The Morgan fingerprint density at radius 3 is 2.67 bits per heavy atom. The lowest BCUT2D eigenvalue weighted by Gasteiger charge is -2.15. The second-order valence-corrected chi connectivity index (χ2v) is 7.25. The third-order valence-electron chi connectivity index (χ3n) is 2.39. The van der Waals surface area contributed by atoms with Crippen molar-refractivity contribution in [3.05, 3.63) is 27.7 Å². The third kappa shape index (κ3) is 4.42. The first-order valence-corrected chi connectivity index (χ1v) is 8.26. The third-order valence-corrected chi connectivity index (χ3v) is 5.35. The fourth-order valence-electron chi connectivity index (χ4n) is 1.28. The number of hydrogen-bond donors (Lipinski definition) is 2. The van der Waals surface area contributed by atoms with Crippen LogP contribution in [0.3, 0.4) is 0 Å². The van der Waals surface area contributed by atoms with Gasteiger partial charge in [0.1, 0.15) is 0 Å². The topological polar surface area (TPSA) is 58.2 Å². The van der Waals surface area contributed by atoms with E-state index < -0.39 is 15.3 Å². The van der Waals surface area contributed by atoms with Crippen molar-refractivity contribution in [2.24, 2.45) is 0 Å². The summed E-state index contributed by atoms with van der Waals surface area (Å²) < 4.78 is 27.2. The molecule has 1 unspecified atom stereocenters.